The molecule has 4 aromatic rings. The van der Waals surface area contributed by atoms with Crippen molar-refractivity contribution in [1.29, 1.82) is 0 Å². The Labute approximate surface area is 207 Å². The average Bonchev–Trinajstić information content (AvgIpc) is 3.03. The van der Waals surface area contributed by atoms with E-state index in [-0.39, 0.29) is 51.4 Å². The molecule has 0 amide bonds. The molecule has 0 spiro atoms. The summed E-state index contributed by atoms with van der Waals surface area (Å²) in [6.07, 6.45) is 0. The Morgan fingerprint density at radius 2 is 1.19 bits per heavy atom. The zero-order chi connectivity index (χ0) is 17.9. The van der Waals surface area contributed by atoms with Gasteiger partial charge in [0.15, 0.2) is 0 Å². The topological polar surface area (TPSA) is 0 Å². The molecular formula is C24H21KP2. The molecule has 0 fully saturated rings. The summed E-state index contributed by atoms with van der Waals surface area (Å²) >= 11 is 0. The van der Waals surface area contributed by atoms with Gasteiger partial charge in [-0.3, -0.25) is 0 Å². The molecule has 3 heteroatoms. The quantitative estimate of drug-likeness (QED) is 0.358. The van der Waals surface area contributed by atoms with E-state index in [9.17, 15) is 0 Å². The van der Waals surface area contributed by atoms with Crippen LogP contribution < -0.4 is 67.3 Å². The molecule has 0 radical (unpaired) electrons. The standard InChI is InChI=1S/C24H21P2.K/c1-18-17-25-24(19(18)2)22-15-9-10-16-23(22)26(20-11-5-3-6-12-20)21-13-7-4-8-14-21;/h3-17H,1-2H3;/q-1;+1. The van der Waals surface area contributed by atoms with Crippen molar-refractivity contribution in [3.8, 4) is 10.9 Å². The fraction of sp³-hybridized carbons (Fsp3) is 0.0833. The van der Waals surface area contributed by atoms with Crippen molar-refractivity contribution in [3.05, 3.63) is 102 Å². The molecule has 0 aliphatic carbocycles. The van der Waals surface area contributed by atoms with Gasteiger partial charge in [-0.1, -0.05) is 96.1 Å². The molecule has 4 rings (SSSR count). The van der Waals surface area contributed by atoms with Crippen LogP contribution in [0, 0.1) is 13.8 Å². The van der Waals surface area contributed by atoms with E-state index in [0.29, 0.717) is 0 Å². The first kappa shape index (κ1) is 21.2. The molecule has 27 heavy (non-hydrogen) atoms. The van der Waals surface area contributed by atoms with E-state index in [1.54, 1.807) is 0 Å². The monoisotopic (exact) mass is 410 g/mol. The van der Waals surface area contributed by atoms with E-state index in [0.717, 1.165) is 0 Å². The molecule has 0 aliphatic heterocycles. The van der Waals surface area contributed by atoms with Gasteiger partial charge in [0, 0.05) is 0 Å². The van der Waals surface area contributed by atoms with Crippen LogP contribution in [0.2, 0.25) is 0 Å². The van der Waals surface area contributed by atoms with E-state index >= 15 is 0 Å². The Bertz CT molecular complexity index is 968. The van der Waals surface area contributed by atoms with Gasteiger partial charge >= 0.3 is 51.4 Å². The Morgan fingerprint density at radius 3 is 1.70 bits per heavy atom. The zero-order valence-corrected chi connectivity index (χ0v) is 21.0. The van der Waals surface area contributed by atoms with E-state index in [1.165, 1.54) is 46.1 Å². The molecule has 0 saturated heterocycles. The van der Waals surface area contributed by atoms with Crippen molar-refractivity contribution in [2.75, 3.05) is 0 Å². The van der Waals surface area contributed by atoms with Crippen LogP contribution in [0.4, 0.5) is 0 Å². The summed E-state index contributed by atoms with van der Waals surface area (Å²) in [5.41, 5.74) is 4.23. The normalized spacial score (nSPS) is 10.9. The number of aryl methyl sites for hydroxylation is 1. The first-order valence-electron chi connectivity index (χ1n) is 8.84. The Hall–Kier alpha value is -0.494. The van der Waals surface area contributed by atoms with Crippen LogP contribution in [0.15, 0.2) is 90.7 Å². The molecule has 128 valence electrons. The maximum absolute atomic E-state index is 2.33. The minimum Gasteiger partial charge on any atom is -0.522 e. The molecule has 1 heterocycles. The number of hydrogen-bond donors (Lipinski definition) is 0. The van der Waals surface area contributed by atoms with Crippen LogP contribution in [0.1, 0.15) is 11.1 Å². The molecule has 0 saturated carbocycles. The number of hydrogen-bond acceptors (Lipinski definition) is 0. The summed E-state index contributed by atoms with van der Waals surface area (Å²) in [6.45, 7) is 4.47. The maximum Gasteiger partial charge on any atom is 1.00 e. The second-order valence-corrected chi connectivity index (χ2v) is 9.59. The fourth-order valence-corrected chi connectivity index (χ4v) is 7.03. The molecule has 0 atom stereocenters. The minimum absolute atomic E-state index is 0. The van der Waals surface area contributed by atoms with Gasteiger partial charge in [0.25, 0.3) is 0 Å². The zero-order valence-electron chi connectivity index (χ0n) is 16.1. The van der Waals surface area contributed by atoms with Crippen LogP contribution in [-0.4, -0.2) is 0 Å². The van der Waals surface area contributed by atoms with Crippen molar-refractivity contribution in [3.63, 3.8) is 0 Å². The van der Waals surface area contributed by atoms with Crippen molar-refractivity contribution in [2.45, 2.75) is 13.8 Å². The summed E-state index contributed by atoms with van der Waals surface area (Å²) in [4.78, 5) is 0. The van der Waals surface area contributed by atoms with Crippen molar-refractivity contribution >= 4 is 32.0 Å². The Balaban J connectivity index is 0.00000210. The third kappa shape index (κ3) is 4.57. The van der Waals surface area contributed by atoms with Crippen LogP contribution in [0.25, 0.3) is 10.9 Å². The molecule has 0 nitrogen and oxygen atoms in total. The van der Waals surface area contributed by atoms with Gasteiger partial charge in [0.05, 0.1) is 0 Å². The third-order valence-corrected chi connectivity index (χ3v) is 8.61. The fourth-order valence-electron chi connectivity index (χ4n) is 3.26. The largest absolute Gasteiger partial charge is 1.00 e. The summed E-state index contributed by atoms with van der Waals surface area (Å²) < 4.78 is 0. The summed E-state index contributed by atoms with van der Waals surface area (Å²) in [5, 5.41) is 5.71. The smallest absolute Gasteiger partial charge is 0.522 e. The van der Waals surface area contributed by atoms with Gasteiger partial charge in [0.1, 0.15) is 0 Å². The van der Waals surface area contributed by atoms with E-state index < -0.39 is 7.92 Å². The second kappa shape index (κ2) is 9.81. The van der Waals surface area contributed by atoms with Gasteiger partial charge in [-0.25, -0.2) is 5.80 Å². The number of benzene rings is 3. The summed E-state index contributed by atoms with van der Waals surface area (Å²) in [6, 6.07) is 30.9. The number of rotatable bonds is 4. The average molecular weight is 410 g/mol. The Morgan fingerprint density at radius 1 is 0.667 bits per heavy atom. The SMILES string of the molecule is Cc1c[p-]c(-c2ccccc2P(c2ccccc2)c2ccccc2)c1C.[K+]. The Kier molecular flexibility index (Phi) is 7.71. The van der Waals surface area contributed by atoms with Crippen molar-refractivity contribution in [2.24, 2.45) is 0 Å². The predicted molar refractivity (Wildman–Crippen MR) is 118 cm³/mol. The molecule has 3 aromatic carbocycles. The van der Waals surface area contributed by atoms with Gasteiger partial charge in [-0.05, 0) is 43.2 Å². The van der Waals surface area contributed by atoms with Crippen LogP contribution >= 0.6 is 16.1 Å². The van der Waals surface area contributed by atoms with E-state index in [4.69, 9.17) is 0 Å². The van der Waals surface area contributed by atoms with E-state index in [2.05, 4.69) is 105 Å². The van der Waals surface area contributed by atoms with Gasteiger partial charge in [-0.15, -0.1) is 0 Å². The van der Waals surface area contributed by atoms with Crippen LogP contribution in [0.3, 0.4) is 0 Å². The predicted octanol–water partition coefficient (Wildman–Crippen LogP) is 3.03. The van der Waals surface area contributed by atoms with Crippen LogP contribution in [0.5, 0.6) is 0 Å². The first-order chi connectivity index (χ1) is 12.8. The second-order valence-electron chi connectivity index (χ2n) is 6.44. The maximum atomic E-state index is 2.33. The van der Waals surface area contributed by atoms with Gasteiger partial charge in [-0.2, -0.15) is 5.30 Å². The molecule has 0 bridgehead atoms. The molecule has 0 aliphatic rings. The molecule has 0 N–H and O–H groups in total. The van der Waals surface area contributed by atoms with Gasteiger partial charge in [0.2, 0.25) is 0 Å². The minimum atomic E-state index is -0.578. The van der Waals surface area contributed by atoms with Gasteiger partial charge < -0.3 is 8.19 Å². The molecule has 0 unspecified atom stereocenters. The first-order valence-corrected chi connectivity index (χ1v) is 11.1. The molecule has 1 aromatic heterocycles. The summed E-state index contributed by atoms with van der Waals surface area (Å²) in [5.74, 6) is 2.33. The van der Waals surface area contributed by atoms with E-state index in [1.807, 2.05) is 0 Å². The van der Waals surface area contributed by atoms with Crippen LogP contribution in [-0.2, 0) is 0 Å². The van der Waals surface area contributed by atoms with Crippen molar-refractivity contribution in [1.82, 2.24) is 0 Å². The van der Waals surface area contributed by atoms with Crippen molar-refractivity contribution < 1.29 is 51.4 Å². The third-order valence-electron chi connectivity index (χ3n) is 4.76. The molecular weight excluding hydrogens is 389 g/mol. The summed E-state index contributed by atoms with van der Waals surface area (Å²) in [7, 11) is 0.738.